The molecule has 2 N–H and O–H groups in total. The fourth-order valence-corrected chi connectivity index (χ4v) is 2.48. The Hall–Kier alpha value is -2.92. The topological polar surface area (TPSA) is 83.8 Å². The predicted molar refractivity (Wildman–Crippen MR) is 105 cm³/mol. The van der Waals surface area contributed by atoms with Crippen LogP contribution < -0.4 is 0 Å². The third-order valence-corrected chi connectivity index (χ3v) is 4.06. The van der Waals surface area contributed by atoms with Crippen molar-refractivity contribution in [3.8, 4) is 0 Å². The third kappa shape index (κ3) is 7.07. The Morgan fingerprint density at radius 3 is 1.81 bits per heavy atom. The molecule has 2 aromatic carbocycles. The van der Waals surface area contributed by atoms with E-state index < -0.39 is 5.97 Å². The van der Waals surface area contributed by atoms with Crippen LogP contribution in [0.5, 0.6) is 0 Å². The van der Waals surface area contributed by atoms with Crippen LogP contribution in [0.4, 0.5) is 0 Å². The van der Waals surface area contributed by atoms with Crippen molar-refractivity contribution in [2.24, 2.45) is 0 Å². The minimum Gasteiger partial charge on any atom is -0.478 e. The van der Waals surface area contributed by atoms with E-state index in [1.54, 1.807) is 36.4 Å². The van der Waals surface area contributed by atoms with Crippen molar-refractivity contribution in [1.29, 1.82) is 0 Å². The minimum absolute atomic E-state index is 0.203. The van der Waals surface area contributed by atoms with E-state index in [1.165, 1.54) is 0 Å². The Kier molecular flexibility index (Phi) is 8.26. The second-order valence-corrected chi connectivity index (χ2v) is 6.16. The van der Waals surface area contributed by atoms with Crippen molar-refractivity contribution in [2.45, 2.75) is 25.7 Å². The quantitative estimate of drug-likeness (QED) is 0.372. The lowest BCUT2D eigenvalue weighted by Crippen LogP contribution is -2.06. The van der Waals surface area contributed by atoms with Gasteiger partial charge in [0, 0.05) is 6.61 Å². The molecule has 142 valence electrons. The summed E-state index contributed by atoms with van der Waals surface area (Å²) in [5.41, 5.74) is 2.58. The molecule has 27 heavy (non-hydrogen) atoms. The summed E-state index contributed by atoms with van der Waals surface area (Å²) in [5, 5.41) is 17.6. The van der Waals surface area contributed by atoms with E-state index in [9.17, 15) is 9.59 Å². The van der Waals surface area contributed by atoms with Crippen molar-refractivity contribution in [3.05, 3.63) is 70.8 Å². The predicted octanol–water partition coefficient (Wildman–Crippen LogP) is 4.26. The second kappa shape index (κ2) is 10.9. The van der Waals surface area contributed by atoms with E-state index in [0.717, 1.165) is 36.8 Å². The van der Waals surface area contributed by atoms with Crippen LogP contribution in [-0.4, -0.2) is 35.4 Å². The monoisotopic (exact) mass is 368 g/mol. The van der Waals surface area contributed by atoms with Crippen molar-refractivity contribution < 1.29 is 24.5 Å². The van der Waals surface area contributed by atoms with Gasteiger partial charge in [0.2, 0.25) is 0 Å². The summed E-state index contributed by atoms with van der Waals surface area (Å²) in [6.07, 6.45) is 7.23. The van der Waals surface area contributed by atoms with Gasteiger partial charge in [-0.15, -0.1) is 0 Å². The molecule has 2 aromatic rings. The van der Waals surface area contributed by atoms with Gasteiger partial charge in [0.15, 0.2) is 0 Å². The van der Waals surface area contributed by atoms with E-state index in [0.29, 0.717) is 12.2 Å². The summed E-state index contributed by atoms with van der Waals surface area (Å²) in [7, 11) is 0. The highest BCUT2D eigenvalue weighted by Gasteiger charge is 2.06. The highest BCUT2D eigenvalue weighted by atomic mass is 16.5. The molecule has 0 aliphatic heterocycles. The molecule has 0 saturated carbocycles. The number of carboxylic acids is 1. The molecule has 0 aromatic heterocycles. The molecule has 5 nitrogen and oxygen atoms in total. The smallest absolute Gasteiger partial charge is 0.338 e. The number of unbranched alkanes of at least 4 members (excludes halogenated alkanes) is 3. The molecule has 0 bridgehead atoms. The molecule has 2 rings (SSSR count). The van der Waals surface area contributed by atoms with Gasteiger partial charge < -0.3 is 14.9 Å². The zero-order chi connectivity index (χ0) is 19.5. The van der Waals surface area contributed by atoms with E-state index >= 15 is 0 Å². The number of hydrogen-bond acceptors (Lipinski definition) is 4. The van der Waals surface area contributed by atoms with Gasteiger partial charge >= 0.3 is 11.9 Å². The Labute approximate surface area is 158 Å². The first-order valence-electron chi connectivity index (χ1n) is 8.99. The first-order valence-corrected chi connectivity index (χ1v) is 8.99. The molecule has 0 spiro atoms. The number of carbonyl (C=O) groups is 2. The Bertz CT molecular complexity index is 760. The number of aliphatic hydroxyl groups is 1. The molecule has 0 saturated heterocycles. The third-order valence-electron chi connectivity index (χ3n) is 4.06. The highest BCUT2D eigenvalue weighted by Crippen LogP contribution is 2.12. The van der Waals surface area contributed by atoms with E-state index in [-0.39, 0.29) is 18.1 Å². The number of hydrogen-bond donors (Lipinski definition) is 2. The molecule has 5 heteroatoms. The Balaban J connectivity index is 1.83. The molecule has 0 aliphatic carbocycles. The highest BCUT2D eigenvalue weighted by molar-refractivity contribution is 5.90. The summed E-state index contributed by atoms with van der Waals surface area (Å²) in [4.78, 5) is 22.8. The van der Waals surface area contributed by atoms with Crippen molar-refractivity contribution in [1.82, 2.24) is 0 Å². The van der Waals surface area contributed by atoms with Gasteiger partial charge in [-0.2, -0.15) is 0 Å². The summed E-state index contributed by atoms with van der Waals surface area (Å²) >= 11 is 0. The maximum atomic E-state index is 12.0. The largest absolute Gasteiger partial charge is 0.478 e. The lowest BCUT2D eigenvalue weighted by atomic mass is 10.1. The molecule has 0 fully saturated rings. The fourth-order valence-electron chi connectivity index (χ4n) is 2.48. The average Bonchev–Trinajstić information content (AvgIpc) is 2.69. The standard InChI is InChI=1S/C22H24O5/c23-15-3-1-2-4-16-27-22(26)20-13-9-18(10-14-20)6-5-17-7-11-19(12-8-17)21(24)25/h5-14,23H,1-4,15-16H2,(H,24,25). The Morgan fingerprint density at radius 1 is 0.778 bits per heavy atom. The number of benzene rings is 2. The van der Waals surface area contributed by atoms with Crippen LogP contribution in [0.25, 0.3) is 12.2 Å². The Morgan fingerprint density at radius 2 is 1.30 bits per heavy atom. The van der Waals surface area contributed by atoms with Gasteiger partial charge in [-0.1, -0.05) is 42.8 Å². The van der Waals surface area contributed by atoms with Gasteiger partial charge in [-0.05, 0) is 54.7 Å². The van der Waals surface area contributed by atoms with Gasteiger partial charge in [-0.3, -0.25) is 0 Å². The maximum absolute atomic E-state index is 12.0. The number of carboxylic acid groups (broad SMARTS) is 1. The van der Waals surface area contributed by atoms with E-state index in [1.807, 2.05) is 24.3 Å². The van der Waals surface area contributed by atoms with Crippen LogP contribution in [-0.2, 0) is 4.74 Å². The summed E-state index contributed by atoms with van der Waals surface area (Å²) < 4.78 is 5.24. The van der Waals surface area contributed by atoms with Crippen LogP contribution in [0.15, 0.2) is 48.5 Å². The molecule has 0 amide bonds. The minimum atomic E-state index is -0.946. The van der Waals surface area contributed by atoms with Gasteiger partial charge in [0.25, 0.3) is 0 Å². The number of ether oxygens (including phenoxy) is 1. The normalized spacial score (nSPS) is 10.9. The molecule has 0 radical (unpaired) electrons. The van der Waals surface area contributed by atoms with Crippen molar-refractivity contribution >= 4 is 24.1 Å². The van der Waals surface area contributed by atoms with E-state index in [4.69, 9.17) is 14.9 Å². The number of rotatable bonds is 10. The zero-order valence-corrected chi connectivity index (χ0v) is 15.1. The van der Waals surface area contributed by atoms with E-state index in [2.05, 4.69) is 0 Å². The molecular formula is C22H24O5. The van der Waals surface area contributed by atoms with Crippen molar-refractivity contribution in [3.63, 3.8) is 0 Å². The number of carbonyl (C=O) groups excluding carboxylic acids is 1. The molecular weight excluding hydrogens is 344 g/mol. The van der Waals surface area contributed by atoms with Crippen LogP contribution in [0, 0.1) is 0 Å². The van der Waals surface area contributed by atoms with Gasteiger partial charge in [-0.25, -0.2) is 9.59 Å². The first-order chi connectivity index (χ1) is 13.1. The van der Waals surface area contributed by atoms with Gasteiger partial charge in [0.05, 0.1) is 17.7 Å². The maximum Gasteiger partial charge on any atom is 0.338 e. The molecule has 0 unspecified atom stereocenters. The summed E-state index contributed by atoms with van der Waals surface area (Å²) in [6.45, 7) is 0.590. The fraction of sp³-hybridized carbons (Fsp3) is 0.273. The second-order valence-electron chi connectivity index (χ2n) is 6.16. The van der Waals surface area contributed by atoms with Crippen LogP contribution in [0.2, 0.25) is 0 Å². The van der Waals surface area contributed by atoms with Crippen LogP contribution in [0.3, 0.4) is 0 Å². The van der Waals surface area contributed by atoms with Crippen LogP contribution >= 0.6 is 0 Å². The lowest BCUT2D eigenvalue weighted by molar-refractivity contribution is 0.0496. The molecule has 0 atom stereocenters. The zero-order valence-electron chi connectivity index (χ0n) is 15.1. The lowest BCUT2D eigenvalue weighted by Gasteiger charge is -2.05. The number of aliphatic hydroxyl groups excluding tert-OH is 1. The first kappa shape index (κ1) is 20.4. The van der Waals surface area contributed by atoms with Crippen LogP contribution in [0.1, 0.15) is 57.5 Å². The molecule has 0 heterocycles. The SMILES string of the molecule is O=C(O)c1ccc(C=Cc2ccc(C(=O)OCCCCCCO)cc2)cc1. The summed E-state index contributed by atoms with van der Waals surface area (Å²) in [5.74, 6) is -1.28. The van der Waals surface area contributed by atoms with Crippen molar-refractivity contribution in [2.75, 3.05) is 13.2 Å². The number of esters is 1. The average molecular weight is 368 g/mol. The summed E-state index contributed by atoms with van der Waals surface area (Å²) in [6, 6.07) is 13.7. The van der Waals surface area contributed by atoms with Gasteiger partial charge in [0.1, 0.15) is 0 Å². The molecule has 0 aliphatic rings. The number of aromatic carboxylic acids is 1.